The highest BCUT2D eigenvalue weighted by Crippen LogP contribution is 2.22. The molecule has 0 unspecified atom stereocenters. The van der Waals surface area contributed by atoms with Crippen molar-refractivity contribution in [1.82, 2.24) is 4.31 Å². The fourth-order valence-electron chi connectivity index (χ4n) is 2.03. The normalized spacial score (nSPS) is 16.2. The lowest BCUT2D eigenvalue weighted by Crippen LogP contribution is -2.27. The Bertz CT molecular complexity index is 728. The van der Waals surface area contributed by atoms with Gasteiger partial charge in [0.1, 0.15) is 6.07 Å². The van der Waals surface area contributed by atoms with Gasteiger partial charge in [-0.05, 0) is 37.1 Å². The Labute approximate surface area is 128 Å². The monoisotopic (exact) mass is 321 g/mol. The van der Waals surface area contributed by atoms with Crippen molar-refractivity contribution in [2.24, 2.45) is 10.8 Å². The van der Waals surface area contributed by atoms with E-state index < -0.39 is 21.6 Å². The van der Waals surface area contributed by atoms with Gasteiger partial charge in [0.2, 0.25) is 15.7 Å². The predicted molar refractivity (Wildman–Crippen MR) is 80.3 cm³/mol. The molecule has 3 N–H and O–H groups in total. The van der Waals surface area contributed by atoms with Gasteiger partial charge >= 0.3 is 0 Å². The first kappa shape index (κ1) is 15.9. The van der Waals surface area contributed by atoms with E-state index in [9.17, 15) is 13.2 Å². The minimum absolute atomic E-state index is 0.194. The minimum Gasteiger partial charge on any atom is -0.364 e. The molecule has 1 aromatic rings. The van der Waals surface area contributed by atoms with Gasteiger partial charge < -0.3 is 5.73 Å². The van der Waals surface area contributed by atoms with Gasteiger partial charge in [0.15, 0.2) is 0 Å². The molecule has 116 valence electrons. The Morgan fingerprint density at radius 3 is 2.36 bits per heavy atom. The molecule has 1 aliphatic rings. The Morgan fingerprint density at radius 1 is 1.27 bits per heavy atom. The number of sulfonamides is 1. The van der Waals surface area contributed by atoms with Crippen molar-refractivity contribution >= 4 is 27.3 Å². The highest BCUT2D eigenvalue weighted by molar-refractivity contribution is 7.89. The summed E-state index contributed by atoms with van der Waals surface area (Å²) < 4.78 is 26.1. The molecule has 0 aromatic heterocycles. The van der Waals surface area contributed by atoms with Crippen molar-refractivity contribution in [2.45, 2.75) is 17.7 Å². The molecule has 1 aliphatic heterocycles. The zero-order valence-corrected chi connectivity index (χ0v) is 12.5. The van der Waals surface area contributed by atoms with Crippen LogP contribution in [0.5, 0.6) is 0 Å². The van der Waals surface area contributed by atoms with Crippen LogP contribution in [0, 0.1) is 11.3 Å². The molecule has 0 spiro atoms. The summed E-state index contributed by atoms with van der Waals surface area (Å²) in [6, 6.07) is 7.45. The number of benzene rings is 1. The third-order valence-corrected chi connectivity index (χ3v) is 5.11. The van der Waals surface area contributed by atoms with Crippen LogP contribution in [-0.4, -0.2) is 37.4 Å². The third kappa shape index (κ3) is 3.41. The van der Waals surface area contributed by atoms with E-state index in [0.717, 1.165) is 12.8 Å². The molecule has 1 fully saturated rings. The molecule has 2 rings (SSSR count). The van der Waals surface area contributed by atoms with Gasteiger partial charge in [-0.1, -0.05) is 0 Å². The summed E-state index contributed by atoms with van der Waals surface area (Å²) in [6.45, 7) is 1.08. The van der Waals surface area contributed by atoms with Gasteiger partial charge in [0.25, 0.3) is 5.91 Å². The van der Waals surface area contributed by atoms with Crippen molar-refractivity contribution in [3.8, 4) is 6.07 Å². The number of hydrazone groups is 1. The van der Waals surface area contributed by atoms with Gasteiger partial charge in [0.05, 0.1) is 10.6 Å². The number of nitriles is 1. The van der Waals surface area contributed by atoms with Crippen molar-refractivity contribution in [2.75, 3.05) is 18.5 Å². The van der Waals surface area contributed by atoms with Crippen LogP contribution in [0.25, 0.3) is 0 Å². The lowest BCUT2D eigenvalue weighted by molar-refractivity contribution is -0.111. The molecule has 22 heavy (non-hydrogen) atoms. The lowest BCUT2D eigenvalue weighted by atomic mass is 10.3. The van der Waals surface area contributed by atoms with E-state index in [1.807, 2.05) is 0 Å². The maximum atomic E-state index is 12.3. The molecule has 0 bridgehead atoms. The molecule has 1 saturated heterocycles. The van der Waals surface area contributed by atoms with Gasteiger partial charge in [-0.25, -0.2) is 8.42 Å². The van der Waals surface area contributed by atoms with Crippen molar-refractivity contribution in [3.63, 3.8) is 0 Å². The number of carbonyl (C=O) groups is 1. The summed E-state index contributed by atoms with van der Waals surface area (Å²) in [5.74, 6) is -0.941. The number of rotatable bonds is 5. The Morgan fingerprint density at radius 2 is 1.86 bits per heavy atom. The molecule has 1 heterocycles. The lowest BCUT2D eigenvalue weighted by Gasteiger charge is -2.15. The average molecular weight is 321 g/mol. The number of carbonyl (C=O) groups excluding carboxylic acids is 1. The molecule has 9 heteroatoms. The van der Waals surface area contributed by atoms with Crippen LogP contribution in [0.4, 0.5) is 5.69 Å². The zero-order chi connectivity index (χ0) is 16.2. The van der Waals surface area contributed by atoms with Crippen molar-refractivity contribution < 1.29 is 13.2 Å². The molecule has 0 aliphatic carbocycles. The van der Waals surface area contributed by atoms with Crippen LogP contribution in [0.3, 0.4) is 0 Å². The van der Waals surface area contributed by atoms with Crippen LogP contribution in [0.1, 0.15) is 12.8 Å². The summed E-state index contributed by atoms with van der Waals surface area (Å²) in [6.07, 6.45) is 1.75. The van der Waals surface area contributed by atoms with E-state index in [0.29, 0.717) is 18.8 Å². The summed E-state index contributed by atoms with van der Waals surface area (Å²) >= 11 is 0. The Balaban J connectivity index is 2.14. The Kier molecular flexibility index (Phi) is 4.75. The van der Waals surface area contributed by atoms with Crippen molar-refractivity contribution in [3.05, 3.63) is 24.3 Å². The maximum absolute atomic E-state index is 12.3. The van der Waals surface area contributed by atoms with Gasteiger partial charge in [-0.3, -0.25) is 10.2 Å². The van der Waals surface area contributed by atoms with E-state index in [-0.39, 0.29) is 4.90 Å². The average Bonchev–Trinajstić information content (AvgIpc) is 3.03. The molecule has 0 radical (unpaired) electrons. The van der Waals surface area contributed by atoms with E-state index in [1.54, 1.807) is 6.07 Å². The first-order chi connectivity index (χ1) is 10.4. The van der Waals surface area contributed by atoms with E-state index in [4.69, 9.17) is 11.0 Å². The molecule has 1 aromatic carbocycles. The predicted octanol–water partition coefficient (Wildman–Crippen LogP) is 0.248. The summed E-state index contributed by atoms with van der Waals surface area (Å²) in [5.41, 5.74) is 7.40. The van der Waals surface area contributed by atoms with Gasteiger partial charge in [-0.15, -0.1) is 0 Å². The fraction of sp³-hybridized carbons (Fsp3) is 0.308. The fourth-order valence-corrected chi connectivity index (χ4v) is 3.55. The summed E-state index contributed by atoms with van der Waals surface area (Å²) in [7, 11) is -3.46. The molecule has 1 amide bonds. The second-order valence-corrected chi connectivity index (χ2v) is 6.62. The van der Waals surface area contributed by atoms with Crippen LogP contribution >= 0.6 is 0 Å². The topological polar surface area (TPSA) is 129 Å². The molecular formula is C13H15N5O3S. The third-order valence-electron chi connectivity index (χ3n) is 3.19. The van der Waals surface area contributed by atoms with E-state index in [2.05, 4.69) is 10.5 Å². The van der Waals surface area contributed by atoms with Crippen LogP contribution in [0.2, 0.25) is 0 Å². The second kappa shape index (κ2) is 6.55. The van der Waals surface area contributed by atoms with E-state index >= 15 is 0 Å². The number of nitrogens with zero attached hydrogens (tertiary/aromatic N) is 3. The first-order valence-corrected chi connectivity index (χ1v) is 8.03. The van der Waals surface area contributed by atoms with Gasteiger partial charge in [-0.2, -0.15) is 14.7 Å². The quantitative estimate of drug-likeness (QED) is 0.593. The number of hydrogen-bond acceptors (Lipinski definition) is 6. The number of anilines is 1. The zero-order valence-electron chi connectivity index (χ0n) is 11.7. The number of amides is 1. The van der Waals surface area contributed by atoms with Crippen LogP contribution in [-0.2, 0) is 14.8 Å². The van der Waals surface area contributed by atoms with Crippen LogP contribution in [0.15, 0.2) is 34.3 Å². The summed E-state index contributed by atoms with van der Waals surface area (Å²) in [5, 5.41) is 12.2. The standard InChI is InChI=1S/C13H15N5O3S/c14-9-12(13(15)19)17-16-10-3-5-11(6-4-10)22(20,21)18-7-1-2-8-18/h3-6,16H,1-2,7-8H2,(H2,15,19)/b17-12-. The summed E-state index contributed by atoms with van der Waals surface area (Å²) in [4.78, 5) is 11.0. The second-order valence-electron chi connectivity index (χ2n) is 4.68. The molecule has 8 nitrogen and oxygen atoms in total. The molecular weight excluding hydrogens is 306 g/mol. The largest absolute Gasteiger partial charge is 0.364 e. The minimum atomic E-state index is -3.46. The molecule has 0 atom stereocenters. The SMILES string of the molecule is N#C/C(=N/Nc1ccc(S(=O)(=O)N2CCCC2)cc1)C(N)=O. The number of hydrogen-bond donors (Lipinski definition) is 2. The number of primary amides is 1. The van der Waals surface area contributed by atoms with Crippen molar-refractivity contribution in [1.29, 1.82) is 5.26 Å². The van der Waals surface area contributed by atoms with Crippen LogP contribution < -0.4 is 11.2 Å². The number of nitrogens with one attached hydrogen (secondary N) is 1. The van der Waals surface area contributed by atoms with E-state index in [1.165, 1.54) is 28.6 Å². The Hall–Kier alpha value is -2.44. The smallest absolute Gasteiger partial charge is 0.280 e. The highest BCUT2D eigenvalue weighted by atomic mass is 32.2. The maximum Gasteiger partial charge on any atom is 0.280 e. The van der Waals surface area contributed by atoms with Gasteiger partial charge in [0, 0.05) is 13.1 Å². The number of nitrogens with two attached hydrogens (primary N) is 1. The first-order valence-electron chi connectivity index (χ1n) is 6.59. The molecule has 0 saturated carbocycles. The highest BCUT2D eigenvalue weighted by Gasteiger charge is 2.26.